The van der Waals surface area contributed by atoms with Crippen LogP contribution in [0.5, 0.6) is 0 Å². The number of nitrogens with one attached hydrogen (secondary N) is 2. The molecule has 12 heteroatoms. The van der Waals surface area contributed by atoms with Gasteiger partial charge in [0.1, 0.15) is 16.5 Å². The molecule has 3 heterocycles. The number of halogens is 3. The molecule has 4 aromatic rings. The van der Waals surface area contributed by atoms with Crippen molar-refractivity contribution in [3.05, 3.63) is 111 Å². The second-order valence-corrected chi connectivity index (χ2v) is 12.5. The van der Waals surface area contributed by atoms with Crippen molar-refractivity contribution < 1.29 is 22.8 Å². The first-order valence-electron chi connectivity index (χ1n) is 15.5. The molecule has 2 aromatic heterocycles. The van der Waals surface area contributed by atoms with E-state index in [0.717, 1.165) is 35.7 Å². The number of benzene rings is 2. The predicted octanol–water partition coefficient (Wildman–Crippen LogP) is 6.81. The van der Waals surface area contributed by atoms with E-state index in [1.807, 2.05) is 35.4 Å². The van der Waals surface area contributed by atoms with Gasteiger partial charge in [-0.15, -0.1) is 11.3 Å². The van der Waals surface area contributed by atoms with Crippen molar-refractivity contribution in [2.75, 3.05) is 38.6 Å². The van der Waals surface area contributed by atoms with E-state index < -0.39 is 17.6 Å². The summed E-state index contributed by atoms with van der Waals surface area (Å²) in [6, 6.07) is 18.6. The summed E-state index contributed by atoms with van der Waals surface area (Å²) in [4.78, 5) is 39.1. The lowest BCUT2D eigenvalue weighted by molar-refractivity contribution is -0.137. The topological polar surface area (TPSA) is 90.5 Å². The fourth-order valence-corrected chi connectivity index (χ4v) is 6.02. The van der Waals surface area contributed by atoms with Gasteiger partial charge < -0.3 is 20.4 Å². The maximum Gasteiger partial charge on any atom is 0.416 e. The van der Waals surface area contributed by atoms with Crippen LogP contribution in [0.3, 0.4) is 0 Å². The van der Waals surface area contributed by atoms with Gasteiger partial charge >= 0.3 is 6.18 Å². The van der Waals surface area contributed by atoms with Crippen LogP contribution in [0, 0.1) is 13.8 Å². The largest absolute Gasteiger partial charge is 0.416 e. The van der Waals surface area contributed by atoms with Crippen molar-refractivity contribution in [3.8, 4) is 0 Å². The summed E-state index contributed by atoms with van der Waals surface area (Å²) in [6.45, 7) is 5.76. The minimum absolute atomic E-state index is 0.0807. The molecular weight excluding hydrogens is 625 g/mol. The van der Waals surface area contributed by atoms with Crippen LogP contribution >= 0.6 is 11.3 Å². The number of pyridine rings is 1. The van der Waals surface area contributed by atoms with Gasteiger partial charge in [0.2, 0.25) is 0 Å². The van der Waals surface area contributed by atoms with E-state index in [-0.39, 0.29) is 24.2 Å². The van der Waals surface area contributed by atoms with Gasteiger partial charge in [-0.25, -0.2) is 9.97 Å². The summed E-state index contributed by atoms with van der Waals surface area (Å²) in [5, 5.41) is 8.82. The Bertz CT molecular complexity index is 1630. The molecule has 1 aliphatic heterocycles. The van der Waals surface area contributed by atoms with Crippen molar-refractivity contribution in [1.82, 2.24) is 25.5 Å². The van der Waals surface area contributed by atoms with E-state index in [1.54, 1.807) is 42.5 Å². The van der Waals surface area contributed by atoms with E-state index in [1.165, 1.54) is 17.7 Å². The summed E-state index contributed by atoms with van der Waals surface area (Å²) in [7, 11) is 3.59. The lowest BCUT2D eigenvalue weighted by Crippen LogP contribution is -2.32. The predicted molar refractivity (Wildman–Crippen MR) is 180 cm³/mol. The number of thiazole rings is 1. The highest BCUT2D eigenvalue weighted by Gasteiger charge is 2.33. The normalized spacial score (nSPS) is 14.4. The van der Waals surface area contributed by atoms with E-state index in [4.69, 9.17) is 0 Å². The molecule has 1 unspecified atom stereocenters. The standard InChI is InChI=1S/C28H33F3N6O2S.C7H8/c1-18-17-40-26(34-18)23-9-5-12-37(23)27(39)20-14-22(35-24(15-20)36(2)3)25(38)33-11-6-10-32-16-19-7-4-8-21(13-19)28(29,30)31;1-7-5-3-2-4-6-7/h4,7-8,13-15,17,23,32H,5-6,9-12,16H2,1-3H3,(H,33,38);2-6H,1H3. The molecule has 1 fully saturated rings. The molecule has 2 N–H and O–H groups in total. The summed E-state index contributed by atoms with van der Waals surface area (Å²) >= 11 is 1.55. The van der Waals surface area contributed by atoms with Gasteiger partial charge in [0, 0.05) is 50.4 Å². The number of carbonyl (C=O) groups is 2. The number of aromatic nitrogens is 2. The SMILES string of the molecule is Cc1ccccc1.Cc1csc(C2CCCN2C(=O)c2cc(C(=O)NCCCNCc3cccc(C(F)(F)F)c3)nc(N(C)C)c2)n1. The number of nitrogens with zero attached hydrogens (tertiary/aromatic N) is 4. The smallest absolute Gasteiger partial charge is 0.363 e. The van der Waals surface area contributed by atoms with Crippen LogP contribution in [0.2, 0.25) is 0 Å². The van der Waals surface area contributed by atoms with Crippen LogP contribution in [0.1, 0.15) is 73.5 Å². The third-order valence-corrected chi connectivity index (χ3v) is 8.59. The Hall–Kier alpha value is -4.29. The number of alkyl halides is 3. The molecule has 47 heavy (non-hydrogen) atoms. The zero-order valence-electron chi connectivity index (χ0n) is 27.1. The summed E-state index contributed by atoms with van der Waals surface area (Å²) in [6.07, 6.45) is -2.08. The van der Waals surface area contributed by atoms with Crippen molar-refractivity contribution >= 4 is 29.0 Å². The first-order chi connectivity index (χ1) is 22.4. The number of amides is 2. The lowest BCUT2D eigenvalue weighted by Gasteiger charge is -2.24. The monoisotopic (exact) mass is 666 g/mol. The molecule has 5 rings (SSSR count). The van der Waals surface area contributed by atoms with E-state index >= 15 is 0 Å². The quantitative estimate of drug-likeness (QED) is 0.181. The molecule has 0 saturated carbocycles. The molecule has 0 bridgehead atoms. The summed E-state index contributed by atoms with van der Waals surface area (Å²) in [5.74, 6) is -0.0579. The van der Waals surface area contributed by atoms with Gasteiger partial charge in [-0.2, -0.15) is 13.2 Å². The third-order valence-electron chi connectivity index (χ3n) is 7.52. The fraction of sp³-hybridized carbons (Fsp3) is 0.371. The highest BCUT2D eigenvalue weighted by Crippen LogP contribution is 2.35. The van der Waals surface area contributed by atoms with E-state index in [9.17, 15) is 22.8 Å². The Morgan fingerprint density at radius 3 is 2.40 bits per heavy atom. The van der Waals surface area contributed by atoms with Gasteiger partial charge in [-0.1, -0.05) is 54.1 Å². The Balaban J connectivity index is 0.000000632. The van der Waals surface area contributed by atoms with Gasteiger partial charge in [-0.05, 0) is 63.4 Å². The van der Waals surface area contributed by atoms with E-state index in [0.29, 0.717) is 43.0 Å². The van der Waals surface area contributed by atoms with Crippen LogP contribution in [0.4, 0.5) is 19.0 Å². The lowest BCUT2D eigenvalue weighted by atomic mass is 10.1. The second-order valence-electron chi connectivity index (χ2n) is 11.6. The van der Waals surface area contributed by atoms with Crippen molar-refractivity contribution in [1.29, 1.82) is 0 Å². The molecule has 2 amide bonds. The van der Waals surface area contributed by atoms with Gasteiger partial charge in [0.15, 0.2) is 0 Å². The minimum Gasteiger partial charge on any atom is -0.363 e. The number of hydrogen-bond acceptors (Lipinski definition) is 7. The fourth-order valence-electron chi connectivity index (χ4n) is 5.07. The number of aryl methyl sites for hydroxylation is 2. The van der Waals surface area contributed by atoms with Crippen molar-refractivity contribution in [3.63, 3.8) is 0 Å². The van der Waals surface area contributed by atoms with Crippen LogP contribution in [0.25, 0.3) is 0 Å². The number of likely N-dealkylation sites (tertiary alicyclic amines) is 1. The first kappa shape index (κ1) is 35.6. The minimum atomic E-state index is -4.38. The average Bonchev–Trinajstić information content (AvgIpc) is 3.71. The molecule has 0 spiro atoms. The Morgan fingerprint density at radius 1 is 1.00 bits per heavy atom. The number of carbonyl (C=O) groups excluding carboxylic acids is 2. The molecule has 1 saturated heterocycles. The van der Waals surface area contributed by atoms with Crippen LogP contribution in [0.15, 0.2) is 72.1 Å². The molecule has 1 atom stereocenters. The number of rotatable bonds is 10. The zero-order valence-corrected chi connectivity index (χ0v) is 27.9. The third kappa shape index (κ3) is 10.4. The number of hydrogen-bond donors (Lipinski definition) is 2. The molecule has 1 aliphatic rings. The highest BCUT2D eigenvalue weighted by atomic mass is 32.1. The number of anilines is 1. The summed E-state index contributed by atoms with van der Waals surface area (Å²) < 4.78 is 38.7. The molecule has 2 aromatic carbocycles. The van der Waals surface area contributed by atoms with Gasteiger partial charge in [0.25, 0.3) is 11.8 Å². The Kier molecular flexibility index (Phi) is 12.5. The van der Waals surface area contributed by atoms with Crippen LogP contribution in [-0.4, -0.2) is 60.4 Å². The molecular formula is C35H41F3N6O2S. The molecule has 250 valence electrons. The van der Waals surface area contributed by atoms with Crippen molar-refractivity contribution in [2.45, 2.75) is 51.9 Å². The Labute approximate surface area is 278 Å². The van der Waals surface area contributed by atoms with Gasteiger partial charge in [-0.3, -0.25) is 9.59 Å². The molecule has 8 nitrogen and oxygen atoms in total. The van der Waals surface area contributed by atoms with Gasteiger partial charge in [0.05, 0.1) is 11.6 Å². The highest BCUT2D eigenvalue weighted by molar-refractivity contribution is 7.09. The maximum atomic E-state index is 13.6. The van der Waals surface area contributed by atoms with Crippen molar-refractivity contribution in [2.24, 2.45) is 0 Å². The average molecular weight is 667 g/mol. The van der Waals surface area contributed by atoms with Crippen LogP contribution < -0.4 is 15.5 Å². The maximum absolute atomic E-state index is 13.6. The molecule has 0 radical (unpaired) electrons. The van der Waals surface area contributed by atoms with Crippen LogP contribution in [-0.2, 0) is 12.7 Å². The zero-order chi connectivity index (χ0) is 34.0. The van der Waals surface area contributed by atoms with E-state index in [2.05, 4.69) is 39.7 Å². The molecule has 0 aliphatic carbocycles. The first-order valence-corrected chi connectivity index (χ1v) is 16.4. The summed E-state index contributed by atoms with van der Waals surface area (Å²) in [5.41, 5.74) is 2.65. The Morgan fingerprint density at radius 2 is 1.77 bits per heavy atom. The second kappa shape index (κ2) is 16.5.